The van der Waals surface area contributed by atoms with Crippen LogP contribution in [0, 0.1) is 0 Å². The monoisotopic (exact) mass is 507 g/mol. The highest BCUT2D eigenvalue weighted by Crippen LogP contribution is 2.43. The molecule has 3 heterocycles. The van der Waals surface area contributed by atoms with Gasteiger partial charge in [-0.15, -0.1) is 0 Å². The fraction of sp³-hybridized carbons (Fsp3) is 0.154. The van der Waals surface area contributed by atoms with E-state index in [1.807, 2.05) is 85.8 Å². The van der Waals surface area contributed by atoms with E-state index in [1.54, 1.807) is 18.0 Å². The Hall–Kier alpha value is -3.00. The Morgan fingerprint density at radius 3 is 2.56 bits per heavy atom. The van der Waals surface area contributed by atoms with E-state index in [-0.39, 0.29) is 12.1 Å². The maximum Gasteiger partial charge on any atom is 0.174 e. The molecule has 2 atom stereocenters. The Morgan fingerprint density at radius 1 is 1.06 bits per heavy atom. The Bertz CT molecular complexity index is 1260. The Morgan fingerprint density at radius 2 is 1.85 bits per heavy atom. The molecular weight excluding hydrogens is 486 g/mol. The third kappa shape index (κ3) is 4.78. The van der Waals surface area contributed by atoms with Gasteiger partial charge >= 0.3 is 0 Å². The van der Waals surface area contributed by atoms with Crippen LogP contribution in [0.25, 0.3) is 0 Å². The number of ether oxygens (including phenoxy) is 1. The minimum absolute atomic E-state index is 0.167. The van der Waals surface area contributed by atoms with Crippen LogP contribution in [0.1, 0.15) is 30.5 Å². The molecular formula is C26H22ClN3O2S2. The van der Waals surface area contributed by atoms with Crippen LogP contribution in [0.3, 0.4) is 0 Å². The molecule has 1 saturated heterocycles. The van der Waals surface area contributed by atoms with Crippen LogP contribution in [0.2, 0.25) is 5.02 Å². The van der Waals surface area contributed by atoms with Crippen LogP contribution in [0.4, 0.5) is 5.69 Å². The summed E-state index contributed by atoms with van der Waals surface area (Å²) in [6, 6.07) is 25.1. The second kappa shape index (κ2) is 10.1. The number of aromatic nitrogens is 1. The van der Waals surface area contributed by atoms with E-state index in [1.165, 1.54) is 0 Å². The maximum atomic E-state index is 6.35. The number of nitrogens with one attached hydrogen (secondary N) is 1. The standard InChI is InChI=1S/C26H22ClN3O2S2/c1-2-31-19-10-8-18(9-11-19)30-25(24(29-26(30)33)21-5-3-4-16-28-21)22-14-15-23(32-22)34-20-12-6-17(27)7-13-20/h3-16,24-25H,2H2,1H3,(H,29,33)/t24-,25+/m0/s1. The number of nitrogens with zero attached hydrogens (tertiary/aromatic N) is 2. The molecule has 8 heteroatoms. The summed E-state index contributed by atoms with van der Waals surface area (Å²) in [6.45, 7) is 2.59. The van der Waals surface area contributed by atoms with Crippen LogP contribution in [0.5, 0.6) is 5.75 Å². The third-order valence-electron chi connectivity index (χ3n) is 5.45. The van der Waals surface area contributed by atoms with Crippen molar-refractivity contribution in [2.24, 2.45) is 0 Å². The lowest BCUT2D eigenvalue weighted by atomic mass is 10.0. The summed E-state index contributed by atoms with van der Waals surface area (Å²) >= 11 is 13.4. The Kier molecular flexibility index (Phi) is 6.76. The first-order valence-corrected chi connectivity index (χ1v) is 12.5. The quantitative estimate of drug-likeness (QED) is 0.269. The lowest BCUT2D eigenvalue weighted by molar-refractivity contribution is 0.340. The van der Waals surface area contributed by atoms with Crippen molar-refractivity contribution in [3.05, 3.63) is 102 Å². The van der Waals surface area contributed by atoms with Gasteiger partial charge in [0.15, 0.2) is 10.2 Å². The highest BCUT2D eigenvalue weighted by atomic mass is 35.5. The predicted octanol–water partition coefficient (Wildman–Crippen LogP) is 7.06. The van der Waals surface area contributed by atoms with Crippen molar-refractivity contribution in [2.75, 3.05) is 11.5 Å². The van der Waals surface area contributed by atoms with E-state index < -0.39 is 0 Å². The summed E-state index contributed by atoms with van der Waals surface area (Å²) in [5.41, 5.74) is 1.85. The minimum atomic E-state index is -0.208. The van der Waals surface area contributed by atoms with Crippen LogP contribution < -0.4 is 15.0 Å². The number of halogens is 1. The summed E-state index contributed by atoms with van der Waals surface area (Å²) < 4.78 is 12.0. The average Bonchev–Trinajstić information content (AvgIpc) is 3.46. The largest absolute Gasteiger partial charge is 0.494 e. The van der Waals surface area contributed by atoms with E-state index in [4.69, 9.17) is 33.0 Å². The van der Waals surface area contributed by atoms with E-state index >= 15 is 0 Å². The molecule has 1 fully saturated rings. The summed E-state index contributed by atoms with van der Waals surface area (Å²) in [5.74, 6) is 1.62. The molecule has 0 spiro atoms. The molecule has 34 heavy (non-hydrogen) atoms. The molecule has 0 aliphatic carbocycles. The van der Waals surface area contributed by atoms with Crippen LogP contribution in [-0.4, -0.2) is 16.7 Å². The van der Waals surface area contributed by atoms with Crippen LogP contribution >= 0.6 is 35.6 Å². The molecule has 1 aliphatic heterocycles. The fourth-order valence-electron chi connectivity index (χ4n) is 3.96. The predicted molar refractivity (Wildman–Crippen MR) is 140 cm³/mol. The zero-order valence-corrected chi connectivity index (χ0v) is 20.7. The third-order valence-corrected chi connectivity index (χ3v) is 6.94. The molecule has 0 unspecified atom stereocenters. The molecule has 0 saturated carbocycles. The Balaban J connectivity index is 1.50. The summed E-state index contributed by atoms with van der Waals surface area (Å²) in [7, 11) is 0. The maximum absolute atomic E-state index is 6.35. The van der Waals surface area contributed by atoms with Gasteiger partial charge in [0.2, 0.25) is 0 Å². The fourth-order valence-corrected chi connectivity index (χ4v) is 5.21. The highest BCUT2D eigenvalue weighted by Gasteiger charge is 2.42. The number of benzene rings is 2. The zero-order valence-electron chi connectivity index (χ0n) is 18.4. The number of rotatable bonds is 7. The van der Waals surface area contributed by atoms with Gasteiger partial charge in [-0.05, 0) is 91.9 Å². The summed E-state index contributed by atoms with van der Waals surface area (Å²) in [6.07, 6.45) is 1.79. The average molecular weight is 508 g/mol. The number of pyridine rings is 1. The van der Waals surface area contributed by atoms with Crippen LogP contribution in [0.15, 0.2) is 99.5 Å². The van der Waals surface area contributed by atoms with Gasteiger partial charge in [-0.25, -0.2) is 0 Å². The van der Waals surface area contributed by atoms with Crippen molar-refractivity contribution < 1.29 is 9.15 Å². The van der Waals surface area contributed by atoms with Gasteiger partial charge in [-0.1, -0.05) is 29.4 Å². The summed E-state index contributed by atoms with van der Waals surface area (Å²) in [4.78, 5) is 7.73. The first kappa shape index (κ1) is 22.8. The molecule has 0 bridgehead atoms. The zero-order chi connectivity index (χ0) is 23.5. The molecule has 5 rings (SSSR count). The van der Waals surface area contributed by atoms with Gasteiger partial charge in [-0.2, -0.15) is 0 Å². The second-order valence-corrected chi connectivity index (χ2v) is 9.54. The number of hydrogen-bond donors (Lipinski definition) is 1. The number of furan rings is 1. The highest BCUT2D eigenvalue weighted by molar-refractivity contribution is 7.99. The van der Waals surface area contributed by atoms with E-state index in [0.717, 1.165) is 32.9 Å². The lowest BCUT2D eigenvalue weighted by Gasteiger charge is -2.26. The molecule has 172 valence electrons. The summed E-state index contributed by atoms with van der Waals surface area (Å²) in [5, 5.41) is 5.57. The van der Waals surface area contributed by atoms with Crippen molar-refractivity contribution in [1.29, 1.82) is 0 Å². The van der Waals surface area contributed by atoms with Crippen molar-refractivity contribution in [2.45, 2.75) is 29.0 Å². The van der Waals surface area contributed by atoms with Crippen LogP contribution in [-0.2, 0) is 0 Å². The molecule has 4 aromatic rings. The minimum Gasteiger partial charge on any atom is -0.494 e. The SMILES string of the molecule is CCOc1ccc(N2C(=S)N[C@@H](c3ccccn3)[C@H]2c2ccc(Sc3ccc(Cl)cc3)o2)cc1. The molecule has 1 N–H and O–H groups in total. The normalized spacial score (nSPS) is 17.6. The molecule has 1 aliphatic rings. The Labute approximate surface area is 213 Å². The first-order chi connectivity index (χ1) is 16.6. The lowest BCUT2D eigenvalue weighted by Crippen LogP contribution is -2.29. The smallest absolute Gasteiger partial charge is 0.174 e. The number of anilines is 1. The van der Waals surface area contributed by atoms with Crippen molar-refractivity contribution >= 4 is 46.4 Å². The van der Waals surface area contributed by atoms with Gasteiger partial charge in [0, 0.05) is 21.8 Å². The van der Waals surface area contributed by atoms with E-state index in [9.17, 15) is 0 Å². The molecule has 2 aromatic heterocycles. The van der Waals surface area contributed by atoms with E-state index in [2.05, 4.69) is 15.2 Å². The number of hydrogen-bond acceptors (Lipinski definition) is 5. The topological polar surface area (TPSA) is 50.5 Å². The molecule has 5 nitrogen and oxygen atoms in total. The molecule has 0 amide bonds. The van der Waals surface area contributed by atoms with Crippen molar-refractivity contribution in [3.63, 3.8) is 0 Å². The van der Waals surface area contributed by atoms with E-state index in [0.29, 0.717) is 16.7 Å². The van der Waals surface area contributed by atoms with Gasteiger partial charge in [0.1, 0.15) is 17.6 Å². The molecule has 2 aromatic carbocycles. The molecule has 0 radical (unpaired) electrons. The first-order valence-electron chi connectivity index (χ1n) is 10.9. The second-order valence-electron chi connectivity index (χ2n) is 7.64. The van der Waals surface area contributed by atoms with Crippen molar-refractivity contribution in [1.82, 2.24) is 10.3 Å². The van der Waals surface area contributed by atoms with Gasteiger partial charge in [-0.3, -0.25) is 4.98 Å². The van der Waals surface area contributed by atoms with Crippen molar-refractivity contribution in [3.8, 4) is 5.75 Å². The van der Waals surface area contributed by atoms with Gasteiger partial charge < -0.3 is 19.4 Å². The van der Waals surface area contributed by atoms with Gasteiger partial charge in [0.25, 0.3) is 0 Å². The number of thiocarbonyl (C=S) groups is 1. The van der Waals surface area contributed by atoms with Gasteiger partial charge in [0.05, 0.1) is 18.3 Å².